The molecule has 0 spiro atoms. The molecule has 1 aliphatic rings. The summed E-state index contributed by atoms with van der Waals surface area (Å²) in [7, 11) is -2.99. The first kappa shape index (κ1) is 10.5. The molecule has 2 atom stereocenters. The van der Waals surface area contributed by atoms with Gasteiger partial charge in [0.2, 0.25) is 0 Å². The van der Waals surface area contributed by atoms with E-state index in [4.69, 9.17) is 25.4 Å². The first-order valence-electron chi connectivity index (χ1n) is 3.72. The van der Waals surface area contributed by atoms with E-state index in [1.54, 1.807) is 6.92 Å². The summed E-state index contributed by atoms with van der Waals surface area (Å²) in [5, 5.41) is 0. The van der Waals surface area contributed by atoms with Gasteiger partial charge in [-0.15, -0.1) is 11.6 Å². The van der Waals surface area contributed by atoms with Gasteiger partial charge in [0.1, 0.15) is 6.35 Å². The summed E-state index contributed by atoms with van der Waals surface area (Å²) in [6, 6.07) is 0. The van der Waals surface area contributed by atoms with E-state index in [1.807, 2.05) is 0 Å². The van der Waals surface area contributed by atoms with Crippen molar-refractivity contribution in [2.45, 2.75) is 13.0 Å². The molecule has 0 amide bonds. The molecule has 1 fully saturated rings. The van der Waals surface area contributed by atoms with Gasteiger partial charge >= 0.3 is 7.60 Å². The molecule has 0 N–H and O–H groups in total. The highest BCUT2D eigenvalue weighted by Crippen LogP contribution is 2.50. The Morgan fingerprint density at radius 3 is 2.92 bits per heavy atom. The van der Waals surface area contributed by atoms with Gasteiger partial charge in [0.25, 0.3) is 0 Å². The van der Waals surface area contributed by atoms with Crippen LogP contribution in [0.2, 0.25) is 0 Å². The molecule has 0 saturated carbocycles. The molecular weight excluding hydrogens is 202 g/mol. The Morgan fingerprint density at radius 1 is 1.67 bits per heavy atom. The smallest absolute Gasteiger partial charge is 0.356 e. The summed E-state index contributed by atoms with van der Waals surface area (Å²) >= 11 is 5.49. The molecular formula is C6H12ClO4P. The van der Waals surface area contributed by atoms with Crippen LogP contribution in [0.15, 0.2) is 0 Å². The lowest BCUT2D eigenvalue weighted by Gasteiger charge is -2.24. The molecule has 0 aromatic rings. The van der Waals surface area contributed by atoms with Crippen molar-refractivity contribution in [2.24, 2.45) is 0 Å². The minimum Gasteiger partial charge on any atom is -0.366 e. The third-order valence-electron chi connectivity index (χ3n) is 1.32. The number of ether oxygens (including phenoxy) is 1. The molecule has 0 aromatic heterocycles. The maximum atomic E-state index is 11.6. The molecule has 4 nitrogen and oxygen atoms in total. The number of rotatable bonds is 3. The van der Waals surface area contributed by atoms with Gasteiger partial charge in [-0.25, -0.2) is 0 Å². The van der Waals surface area contributed by atoms with Crippen LogP contribution in [0.1, 0.15) is 6.92 Å². The third-order valence-corrected chi connectivity index (χ3v) is 3.51. The normalized spacial score (nSPS) is 33.2. The van der Waals surface area contributed by atoms with Crippen LogP contribution >= 0.6 is 19.2 Å². The molecule has 1 heterocycles. The fourth-order valence-corrected chi connectivity index (χ4v) is 2.49. The Morgan fingerprint density at radius 2 is 2.42 bits per heavy atom. The first-order valence-corrected chi connectivity index (χ1v) is 5.98. The van der Waals surface area contributed by atoms with Crippen molar-refractivity contribution in [2.75, 3.05) is 25.4 Å². The molecule has 0 aromatic carbocycles. The highest BCUT2D eigenvalue weighted by atomic mass is 35.5. The molecule has 2 unspecified atom stereocenters. The van der Waals surface area contributed by atoms with Gasteiger partial charge in [-0.05, 0) is 6.92 Å². The summed E-state index contributed by atoms with van der Waals surface area (Å²) in [5.41, 5.74) is 0. The second kappa shape index (κ2) is 4.58. The molecule has 0 aliphatic carbocycles. The third kappa shape index (κ3) is 3.04. The summed E-state index contributed by atoms with van der Waals surface area (Å²) in [6.45, 7) is 2.54. The van der Waals surface area contributed by atoms with Gasteiger partial charge in [0.15, 0.2) is 0 Å². The average molecular weight is 215 g/mol. The van der Waals surface area contributed by atoms with Crippen LogP contribution in [0.25, 0.3) is 0 Å². The van der Waals surface area contributed by atoms with Crippen LogP contribution in [0, 0.1) is 0 Å². The van der Waals surface area contributed by atoms with Crippen LogP contribution in [0.5, 0.6) is 0 Å². The van der Waals surface area contributed by atoms with Crippen LogP contribution in [0.4, 0.5) is 0 Å². The molecule has 6 heteroatoms. The van der Waals surface area contributed by atoms with Crippen LogP contribution in [-0.4, -0.2) is 31.5 Å². The lowest BCUT2D eigenvalue weighted by molar-refractivity contribution is 0.0519. The monoisotopic (exact) mass is 214 g/mol. The summed E-state index contributed by atoms with van der Waals surface area (Å²) in [5.74, 6) is 0.299. The lowest BCUT2D eigenvalue weighted by Crippen LogP contribution is -2.18. The molecule has 12 heavy (non-hydrogen) atoms. The van der Waals surface area contributed by atoms with Crippen LogP contribution in [0.3, 0.4) is 0 Å². The fourth-order valence-electron chi connectivity index (χ4n) is 0.812. The van der Waals surface area contributed by atoms with E-state index in [-0.39, 0.29) is 12.5 Å². The average Bonchev–Trinajstić information content (AvgIpc) is 2.05. The Labute approximate surface area is 76.7 Å². The van der Waals surface area contributed by atoms with Crippen molar-refractivity contribution in [3.63, 3.8) is 0 Å². The van der Waals surface area contributed by atoms with Crippen molar-refractivity contribution in [3.05, 3.63) is 0 Å². The molecule has 0 radical (unpaired) electrons. The van der Waals surface area contributed by atoms with E-state index in [9.17, 15) is 4.57 Å². The van der Waals surface area contributed by atoms with Gasteiger partial charge < -0.3 is 13.8 Å². The maximum Gasteiger partial charge on any atom is 0.356 e. The molecule has 72 valence electrons. The molecule has 1 saturated heterocycles. The maximum absolute atomic E-state index is 11.6. The van der Waals surface area contributed by atoms with Crippen molar-refractivity contribution >= 4 is 19.2 Å². The van der Waals surface area contributed by atoms with Crippen molar-refractivity contribution in [1.29, 1.82) is 0 Å². The minimum atomic E-state index is -2.99. The zero-order valence-corrected chi connectivity index (χ0v) is 8.51. The number of alkyl halides is 1. The summed E-state index contributed by atoms with van der Waals surface area (Å²) in [6.07, 6.45) is -0.229. The predicted molar refractivity (Wildman–Crippen MR) is 45.6 cm³/mol. The zero-order valence-electron chi connectivity index (χ0n) is 6.86. The number of hydrogen-bond acceptors (Lipinski definition) is 4. The SMILES string of the molecule is CC(CCl)OP1(=O)COCCO1. The standard InChI is InChI=1S/C6H12ClO4P/c1-6(4-7)11-12(8)5-9-2-3-10-12/h6H,2-5H2,1H3. The second-order valence-corrected chi connectivity index (χ2v) is 4.81. The largest absolute Gasteiger partial charge is 0.366 e. The Kier molecular flexibility index (Phi) is 4.00. The predicted octanol–water partition coefficient (Wildman–Crippen LogP) is 1.83. The quantitative estimate of drug-likeness (QED) is 0.531. The second-order valence-electron chi connectivity index (χ2n) is 2.55. The zero-order chi connectivity index (χ0) is 9.03. The molecule has 0 bridgehead atoms. The van der Waals surface area contributed by atoms with Crippen LogP contribution in [-0.2, 0) is 18.3 Å². The van der Waals surface area contributed by atoms with Crippen molar-refractivity contribution in [3.8, 4) is 0 Å². The molecule has 1 rings (SSSR count). The fraction of sp³-hybridized carbons (Fsp3) is 1.00. The summed E-state index contributed by atoms with van der Waals surface area (Å²) in [4.78, 5) is 0. The highest BCUT2D eigenvalue weighted by Gasteiger charge is 2.30. The minimum absolute atomic E-state index is 0.0359. The van der Waals surface area contributed by atoms with Gasteiger partial charge in [-0.1, -0.05) is 0 Å². The van der Waals surface area contributed by atoms with E-state index in [0.717, 1.165) is 0 Å². The van der Waals surface area contributed by atoms with E-state index in [2.05, 4.69) is 0 Å². The van der Waals surface area contributed by atoms with Gasteiger partial charge in [0, 0.05) is 5.88 Å². The lowest BCUT2D eigenvalue weighted by atomic mass is 10.5. The van der Waals surface area contributed by atoms with Crippen molar-refractivity contribution in [1.82, 2.24) is 0 Å². The Balaban J connectivity index is 2.41. The van der Waals surface area contributed by atoms with Crippen molar-refractivity contribution < 1.29 is 18.3 Å². The first-order chi connectivity index (χ1) is 5.66. The highest BCUT2D eigenvalue weighted by molar-refractivity contribution is 7.53. The summed E-state index contributed by atoms with van der Waals surface area (Å²) < 4.78 is 26.6. The van der Waals surface area contributed by atoms with E-state index < -0.39 is 7.60 Å². The Hall–Kier alpha value is 0.400. The van der Waals surface area contributed by atoms with E-state index in [0.29, 0.717) is 19.1 Å². The number of hydrogen-bond donors (Lipinski definition) is 0. The van der Waals surface area contributed by atoms with Gasteiger partial charge in [0.05, 0.1) is 19.3 Å². The van der Waals surface area contributed by atoms with E-state index in [1.165, 1.54) is 0 Å². The van der Waals surface area contributed by atoms with Gasteiger partial charge in [-0.2, -0.15) is 0 Å². The topological polar surface area (TPSA) is 44.8 Å². The number of halogens is 1. The van der Waals surface area contributed by atoms with Gasteiger partial charge in [-0.3, -0.25) is 4.57 Å². The van der Waals surface area contributed by atoms with Crippen LogP contribution < -0.4 is 0 Å². The Bertz CT molecular complexity index is 176. The van der Waals surface area contributed by atoms with E-state index >= 15 is 0 Å². The molecule has 1 aliphatic heterocycles.